The number of aromatic nitrogens is 1. The van der Waals surface area contributed by atoms with Gasteiger partial charge in [0.15, 0.2) is 0 Å². The van der Waals surface area contributed by atoms with Crippen LogP contribution in [0.25, 0.3) is 0 Å². The molecule has 1 aromatic heterocycles. The number of hydrogen-bond donors (Lipinski definition) is 0. The summed E-state index contributed by atoms with van der Waals surface area (Å²) < 4.78 is 5.24. The maximum Gasteiger partial charge on any atom is 0.410 e. The van der Waals surface area contributed by atoms with Gasteiger partial charge in [0, 0.05) is 64.3 Å². The molecule has 2 fully saturated rings. The predicted molar refractivity (Wildman–Crippen MR) is 105 cm³/mol. The van der Waals surface area contributed by atoms with Crippen molar-refractivity contribution in [1.82, 2.24) is 9.88 Å². The van der Waals surface area contributed by atoms with Gasteiger partial charge in [-0.3, -0.25) is 4.98 Å². The molecule has 0 spiro atoms. The molecule has 2 aliphatic heterocycles. The number of hydrogen-bond acceptors (Lipinski definition) is 6. The number of anilines is 1. The summed E-state index contributed by atoms with van der Waals surface area (Å²) in [4.78, 5) is 25.7. The second kappa shape index (κ2) is 9.26. The van der Waals surface area contributed by atoms with Gasteiger partial charge in [-0.15, -0.1) is 0 Å². The van der Waals surface area contributed by atoms with Crippen LogP contribution < -0.4 is 4.90 Å². The standard InChI is InChI=1S/C19H27ClN4O3/c1-14(2)26-19(25)24-11-6-16(7-12-24)27-22-15-4-9-23(10-5-15)18-3-8-21-13-17(18)20/h3,8,13-14,16H,4-7,9-12H2,1-2H3. The number of nitrogens with zero attached hydrogens (tertiary/aromatic N) is 4. The Morgan fingerprint density at radius 1 is 1.26 bits per heavy atom. The number of likely N-dealkylation sites (tertiary alicyclic amines) is 1. The van der Waals surface area contributed by atoms with E-state index >= 15 is 0 Å². The van der Waals surface area contributed by atoms with Crippen LogP contribution in [0.15, 0.2) is 23.6 Å². The maximum absolute atomic E-state index is 11.9. The fourth-order valence-electron chi connectivity index (χ4n) is 3.29. The monoisotopic (exact) mass is 394 g/mol. The molecule has 0 bridgehead atoms. The number of amides is 1. The molecule has 2 aliphatic rings. The summed E-state index contributed by atoms with van der Waals surface area (Å²) in [6, 6.07) is 1.94. The number of pyridine rings is 1. The smallest absolute Gasteiger partial charge is 0.410 e. The average Bonchev–Trinajstić information content (AvgIpc) is 2.67. The van der Waals surface area contributed by atoms with Crippen LogP contribution in [0.2, 0.25) is 5.02 Å². The van der Waals surface area contributed by atoms with Crippen molar-refractivity contribution in [3.05, 3.63) is 23.5 Å². The van der Waals surface area contributed by atoms with Crippen molar-refractivity contribution in [3.63, 3.8) is 0 Å². The predicted octanol–water partition coefficient (Wildman–Crippen LogP) is 3.72. The number of piperidine rings is 2. The van der Waals surface area contributed by atoms with Crippen LogP contribution >= 0.6 is 11.6 Å². The molecule has 1 amide bonds. The van der Waals surface area contributed by atoms with Crippen LogP contribution in [-0.4, -0.2) is 60.1 Å². The van der Waals surface area contributed by atoms with Gasteiger partial charge >= 0.3 is 6.09 Å². The Bertz CT molecular complexity index is 665. The molecule has 0 radical (unpaired) electrons. The molecule has 8 heteroatoms. The van der Waals surface area contributed by atoms with Gasteiger partial charge in [-0.25, -0.2) is 4.79 Å². The molecule has 0 saturated carbocycles. The van der Waals surface area contributed by atoms with Crippen LogP contribution in [0.5, 0.6) is 0 Å². The highest BCUT2D eigenvalue weighted by molar-refractivity contribution is 6.33. The van der Waals surface area contributed by atoms with Gasteiger partial charge in [0.1, 0.15) is 6.10 Å². The molecule has 1 aromatic rings. The zero-order valence-corrected chi connectivity index (χ0v) is 16.7. The molecule has 148 valence electrons. The van der Waals surface area contributed by atoms with Crippen LogP contribution in [0.3, 0.4) is 0 Å². The van der Waals surface area contributed by atoms with Gasteiger partial charge in [0.2, 0.25) is 0 Å². The summed E-state index contributed by atoms with van der Waals surface area (Å²) in [5, 5.41) is 5.06. The largest absolute Gasteiger partial charge is 0.447 e. The zero-order chi connectivity index (χ0) is 19.2. The van der Waals surface area contributed by atoms with Crippen molar-refractivity contribution >= 4 is 29.1 Å². The average molecular weight is 395 g/mol. The molecule has 0 unspecified atom stereocenters. The Labute approximate surface area is 165 Å². The van der Waals surface area contributed by atoms with Gasteiger partial charge < -0.3 is 19.4 Å². The first-order valence-corrected chi connectivity index (χ1v) is 9.92. The van der Waals surface area contributed by atoms with E-state index in [-0.39, 0.29) is 18.3 Å². The Balaban J connectivity index is 1.42. The number of halogens is 1. The summed E-state index contributed by atoms with van der Waals surface area (Å²) in [6.07, 6.45) is 6.45. The van der Waals surface area contributed by atoms with E-state index in [4.69, 9.17) is 21.2 Å². The lowest BCUT2D eigenvalue weighted by molar-refractivity contribution is 0.00415. The first kappa shape index (κ1) is 19.7. The zero-order valence-electron chi connectivity index (χ0n) is 15.9. The molecule has 0 aromatic carbocycles. The summed E-state index contributed by atoms with van der Waals surface area (Å²) in [5.74, 6) is 0. The molecule has 3 heterocycles. The lowest BCUT2D eigenvalue weighted by atomic mass is 10.1. The minimum Gasteiger partial charge on any atom is -0.447 e. The van der Waals surface area contributed by atoms with Crippen molar-refractivity contribution in [2.75, 3.05) is 31.1 Å². The number of oxime groups is 1. The number of carbonyl (C=O) groups excluding carboxylic acids is 1. The Hall–Kier alpha value is -2.02. The van der Waals surface area contributed by atoms with Crippen molar-refractivity contribution < 1.29 is 14.4 Å². The number of carbonyl (C=O) groups is 1. The third-order valence-electron chi connectivity index (χ3n) is 4.80. The van der Waals surface area contributed by atoms with Crippen LogP contribution in [0.4, 0.5) is 10.5 Å². The third kappa shape index (κ3) is 5.48. The molecular formula is C19H27ClN4O3. The van der Waals surface area contributed by atoms with E-state index in [1.807, 2.05) is 19.9 Å². The SMILES string of the molecule is CC(C)OC(=O)N1CCC(ON=C2CCN(c3ccncc3Cl)CC2)CC1. The molecule has 2 saturated heterocycles. The van der Waals surface area contributed by atoms with Gasteiger partial charge in [-0.05, 0) is 19.9 Å². The van der Waals surface area contributed by atoms with Crippen molar-refractivity contribution in [2.45, 2.75) is 51.7 Å². The maximum atomic E-state index is 11.9. The molecule has 3 rings (SSSR count). The highest BCUT2D eigenvalue weighted by atomic mass is 35.5. The van der Waals surface area contributed by atoms with Crippen LogP contribution in [0, 0.1) is 0 Å². The molecule has 0 atom stereocenters. The number of ether oxygens (including phenoxy) is 1. The Morgan fingerprint density at radius 2 is 1.96 bits per heavy atom. The second-order valence-electron chi connectivity index (χ2n) is 7.20. The minimum absolute atomic E-state index is 0.0632. The molecule has 0 N–H and O–H groups in total. The first-order chi connectivity index (χ1) is 13.0. The van der Waals surface area contributed by atoms with E-state index in [9.17, 15) is 4.79 Å². The highest BCUT2D eigenvalue weighted by Gasteiger charge is 2.26. The lowest BCUT2D eigenvalue weighted by Gasteiger charge is -2.32. The summed E-state index contributed by atoms with van der Waals surface area (Å²) >= 11 is 6.22. The quantitative estimate of drug-likeness (QED) is 0.728. The van der Waals surface area contributed by atoms with Gasteiger partial charge in [-0.1, -0.05) is 16.8 Å². The van der Waals surface area contributed by atoms with Crippen molar-refractivity contribution in [2.24, 2.45) is 5.16 Å². The third-order valence-corrected chi connectivity index (χ3v) is 5.09. The fourth-order valence-corrected chi connectivity index (χ4v) is 3.53. The van der Waals surface area contributed by atoms with Gasteiger partial charge in [0.05, 0.1) is 22.5 Å². The summed E-state index contributed by atoms with van der Waals surface area (Å²) in [7, 11) is 0. The van der Waals surface area contributed by atoms with E-state index in [1.165, 1.54) is 0 Å². The van der Waals surface area contributed by atoms with Crippen LogP contribution in [0.1, 0.15) is 39.5 Å². The van der Waals surface area contributed by atoms with E-state index in [0.717, 1.165) is 50.2 Å². The van der Waals surface area contributed by atoms with Crippen molar-refractivity contribution in [1.29, 1.82) is 0 Å². The topological polar surface area (TPSA) is 67.3 Å². The molecule has 0 aliphatic carbocycles. The van der Waals surface area contributed by atoms with Crippen LogP contribution in [-0.2, 0) is 9.57 Å². The highest BCUT2D eigenvalue weighted by Crippen LogP contribution is 2.26. The Morgan fingerprint density at radius 3 is 2.59 bits per heavy atom. The molecule has 7 nitrogen and oxygen atoms in total. The minimum atomic E-state index is -0.239. The normalized spacial score (nSPS) is 18.6. The van der Waals surface area contributed by atoms with Crippen molar-refractivity contribution in [3.8, 4) is 0 Å². The van der Waals surface area contributed by atoms with Gasteiger partial charge in [-0.2, -0.15) is 0 Å². The van der Waals surface area contributed by atoms with Gasteiger partial charge in [0.25, 0.3) is 0 Å². The molecule has 27 heavy (non-hydrogen) atoms. The van der Waals surface area contributed by atoms with E-state index in [1.54, 1.807) is 17.3 Å². The lowest BCUT2D eigenvalue weighted by Crippen LogP contribution is -2.41. The van der Waals surface area contributed by atoms with E-state index in [0.29, 0.717) is 18.1 Å². The second-order valence-corrected chi connectivity index (χ2v) is 7.60. The fraction of sp³-hybridized carbons (Fsp3) is 0.632. The first-order valence-electron chi connectivity index (χ1n) is 9.54. The number of rotatable bonds is 4. The summed E-state index contributed by atoms with van der Waals surface area (Å²) in [5.41, 5.74) is 2.10. The Kier molecular flexibility index (Phi) is 6.77. The summed E-state index contributed by atoms with van der Waals surface area (Å²) in [6.45, 7) is 6.75. The molecular weight excluding hydrogens is 368 g/mol. The van der Waals surface area contributed by atoms with E-state index < -0.39 is 0 Å². The van der Waals surface area contributed by atoms with E-state index in [2.05, 4.69) is 15.0 Å².